The van der Waals surface area contributed by atoms with Crippen molar-refractivity contribution in [3.63, 3.8) is 0 Å². The summed E-state index contributed by atoms with van der Waals surface area (Å²) in [7, 11) is 0. The van der Waals surface area contributed by atoms with Crippen LogP contribution in [0.1, 0.15) is 30.2 Å². The standard InChI is InChI=1S/C24H25N5OS.C3H4/c1-16-4-2-3-5-20(16)21-15-31-22-12-9-18(27-24(21)22)14-30-19-10-6-17(7-11-19)8-13-23(28-25)29-26;1-3-2/h2-7,9-12,15H,8,13-14,25-26H2,1H3,(H,28,29);1H,2H3. The number of hydrogen-bond acceptors (Lipinski definition) is 6. The number of aryl methyl sites for hydroxylation is 2. The molecule has 2 heterocycles. The summed E-state index contributed by atoms with van der Waals surface area (Å²) < 4.78 is 7.15. The van der Waals surface area contributed by atoms with Crippen LogP contribution < -0.4 is 21.8 Å². The summed E-state index contributed by atoms with van der Waals surface area (Å²) in [5.74, 6) is 14.2. The molecule has 2 aromatic heterocycles. The van der Waals surface area contributed by atoms with Gasteiger partial charge in [-0.15, -0.1) is 23.7 Å². The van der Waals surface area contributed by atoms with E-state index in [9.17, 15) is 0 Å². The highest BCUT2D eigenvalue weighted by atomic mass is 32.1. The van der Waals surface area contributed by atoms with Gasteiger partial charge in [0.1, 0.15) is 18.2 Å². The Morgan fingerprint density at radius 1 is 1.12 bits per heavy atom. The van der Waals surface area contributed by atoms with Gasteiger partial charge in [0.2, 0.25) is 0 Å². The van der Waals surface area contributed by atoms with Crippen molar-refractivity contribution in [3.05, 3.63) is 82.9 Å². The zero-order chi connectivity index (χ0) is 24.3. The van der Waals surface area contributed by atoms with E-state index in [1.807, 2.05) is 30.3 Å². The van der Waals surface area contributed by atoms with Gasteiger partial charge in [0, 0.05) is 17.4 Å². The van der Waals surface area contributed by atoms with Crippen LogP contribution in [-0.2, 0) is 13.0 Å². The topological polar surface area (TPSA) is 98.5 Å². The third kappa shape index (κ3) is 6.35. The Balaban J connectivity index is 0.00000103. The largest absolute Gasteiger partial charge is 0.487 e. The Morgan fingerprint density at radius 3 is 2.53 bits per heavy atom. The zero-order valence-electron chi connectivity index (χ0n) is 19.4. The molecule has 34 heavy (non-hydrogen) atoms. The minimum absolute atomic E-state index is 0.416. The second-order valence-electron chi connectivity index (χ2n) is 7.56. The van der Waals surface area contributed by atoms with Crippen LogP contribution in [0.25, 0.3) is 21.3 Å². The first-order valence-corrected chi connectivity index (χ1v) is 11.7. The van der Waals surface area contributed by atoms with E-state index in [4.69, 9.17) is 21.4 Å². The van der Waals surface area contributed by atoms with Crippen LogP contribution in [0.3, 0.4) is 0 Å². The molecular weight excluding hydrogens is 442 g/mol. The predicted molar refractivity (Wildman–Crippen MR) is 142 cm³/mol. The summed E-state index contributed by atoms with van der Waals surface area (Å²) in [6.07, 6.45) is 6.04. The van der Waals surface area contributed by atoms with E-state index in [0.29, 0.717) is 18.9 Å². The van der Waals surface area contributed by atoms with E-state index < -0.39 is 0 Å². The minimum atomic E-state index is 0.416. The maximum absolute atomic E-state index is 5.97. The number of hydrazine groups is 1. The maximum atomic E-state index is 5.97. The number of ether oxygens (including phenoxy) is 1. The molecule has 0 fully saturated rings. The van der Waals surface area contributed by atoms with Crippen LogP contribution in [0.5, 0.6) is 5.75 Å². The van der Waals surface area contributed by atoms with Crippen molar-refractivity contribution in [3.8, 4) is 29.2 Å². The van der Waals surface area contributed by atoms with Crippen molar-refractivity contribution in [2.75, 3.05) is 0 Å². The minimum Gasteiger partial charge on any atom is -0.487 e. The fourth-order valence-electron chi connectivity index (χ4n) is 3.45. The predicted octanol–water partition coefficient (Wildman–Crippen LogP) is 5.16. The van der Waals surface area contributed by atoms with Gasteiger partial charge in [-0.1, -0.05) is 36.4 Å². The van der Waals surface area contributed by atoms with Crippen molar-refractivity contribution in [1.29, 1.82) is 0 Å². The van der Waals surface area contributed by atoms with Gasteiger partial charge < -0.3 is 16.0 Å². The molecule has 0 aliphatic heterocycles. The smallest absolute Gasteiger partial charge is 0.136 e. The number of hydrogen-bond donors (Lipinski definition) is 3. The van der Waals surface area contributed by atoms with E-state index in [-0.39, 0.29) is 0 Å². The lowest BCUT2D eigenvalue weighted by Gasteiger charge is -2.09. The average Bonchev–Trinajstić information content (AvgIpc) is 3.28. The number of nitrogens with zero attached hydrogens (tertiary/aromatic N) is 2. The van der Waals surface area contributed by atoms with E-state index in [1.165, 1.54) is 21.4 Å². The number of terminal acetylenes is 1. The molecule has 0 atom stereocenters. The van der Waals surface area contributed by atoms with Gasteiger partial charge in [-0.3, -0.25) is 0 Å². The molecule has 0 bridgehead atoms. The highest BCUT2D eigenvalue weighted by molar-refractivity contribution is 7.17. The summed E-state index contributed by atoms with van der Waals surface area (Å²) >= 11 is 1.72. The van der Waals surface area contributed by atoms with Gasteiger partial charge in [-0.05, 0) is 61.2 Å². The van der Waals surface area contributed by atoms with Crippen LogP contribution in [-0.4, -0.2) is 10.8 Å². The Labute approximate surface area is 204 Å². The number of hydrazone groups is 1. The van der Waals surface area contributed by atoms with Crippen LogP contribution in [0.4, 0.5) is 0 Å². The molecule has 4 rings (SSSR count). The van der Waals surface area contributed by atoms with E-state index >= 15 is 0 Å². The number of thiophene rings is 1. The first-order chi connectivity index (χ1) is 16.6. The highest BCUT2D eigenvalue weighted by Crippen LogP contribution is 2.34. The molecule has 6 nitrogen and oxygen atoms in total. The molecule has 5 N–H and O–H groups in total. The molecule has 0 unspecified atom stereocenters. The van der Waals surface area contributed by atoms with Crippen LogP contribution in [0.2, 0.25) is 0 Å². The maximum Gasteiger partial charge on any atom is 0.136 e. The van der Waals surface area contributed by atoms with Crippen molar-refractivity contribution in [1.82, 2.24) is 10.4 Å². The molecule has 0 saturated carbocycles. The first-order valence-electron chi connectivity index (χ1n) is 10.8. The van der Waals surface area contributed by atoms with Crippen molar-refractivity contribution in [2.24, 2.45) is 16.8 Å². The van der Waals surface area contributed by atoms with Crippen LogP contribution in [0, 0.1) is 19.3 Å². The monoisotopic (exact) mass is 471 g/mol. The summed E-state index contributed by atoms with van der Waals surface area (Å²) in [6.45, 7) is 4.20. The second-order valence-corrected chi connectivity index (χ2v) is 8.47. The lowest BCUT2D eigenvalue weighted by molar-refractivity contribution is 0.302. The number of fused-ring (bicyclic) bond motifs is 1. The Morgan fingerprint density at radius 2 is 1.85 bits per heavy atom. The molecule has 0 aliphatic carbocycles. The molecule has 174 valence electrons. The number of benzene rings is 2. The summed E-state index contributed by atoms with van der Waals surface area (Å²) in [5, 5.41) is 5.78. The Hall–Kier alpha value is -3.86. The third-order valence-electron chi connectivity index (χ3n) is 5.19. The fourth-order valence-corrected chi connectivity index (χ4v) is 4.34. The van der Waals surface area contributed by atoms with E-state index in [2.05, 4.69) is 65.5 Å². The van der Waals surface area contributed by atoms with Gasteiger partial charge in [-0.2, -0.15) is 5.10 Å². The second kappa shape index (κ2) is 12.4. The lowest BCUT2D eigenvalue weighted by Crippen LogP contribution is -2.31. The quantitative estimate of drug-likeness (QED) is 0.114. The molecule has 2 aromatic carbocycles. The number of rotatable bonds is 7. The van der Waals surface area contributed by atoms with Gasteiger partial charge in [0.15, 0.2) is 0 Å². The molecule has 0 saturated heterocycles. The number of nitrogens with one attached hydrogen (secondary N) is 1. The average molecular weight is 472 g/mol. The van der Waals surface area contributed by atoms with Crippen LogP contribution in [0.15, 0.2) is 71.1 Å². The van der Waals surface area contributed by atoms with Crippen molar-refractivity contribution >= 4 is 27.4 Å². The number of nitrogens with two attached hydrogens (primary N) is 2. The molecule has 0 radical (unpaired) electrons. The number of amidine groups is 1. The Kier molecular flexibility index (Phi) is 9.04. The van der Waals surface area contributed by atoms with Gasteiger partial charge >= 0.3 is 0 Å². The molecule has 4 aromatic rings. The van der Waals surface area contributed by atoms with Gasteiger partial charge in [-0.25, -0.2) is 10.8 Å². The molecule has 0 amide bonds. The molecule has 0 spiro atoms. The summed E-state index contributed by atoms with van der Waals surface area (Å²) in [4.78, 5) is 4.89. The fraction of sp³-hybridized carbons (Fsp3) is 0.185. The van der Waals surface area contributed by atoms with Crippen LogP contribution >= 0.6 is 11.3 Å². The molecular formula is C27H29N5OS. The normalized spacial score (nSPS) is 10.8. The third-order valence-corrected chi connectivity index (χ3v) is 6.13. The molecule has 0 aliphatic rings. The Bertz CT molecular complexity index is 1290. The van der Waals surface area contributed by atoms with Crippen molar-refractivity contribution in [2.45, 2.75) is 33.3 Å². The summed E-state index contributed by atoms with van der Waals surface area (Å²) in [5.41, 5.74) is 9.24. The number of pyridine rings is 1. The zero-order valence-corrected chi connectivity index (χ0v) is 20.2. The van der Waals surface area contributed by atoms with Crippen molar-refractivity contribution < 1.29 is 4.74 Å². The first kappa shape index (κ1) is 24.8. The van der Waals surface area contributed by atoms with Gasteiger partial charge in [0.05, 0.1) is 15.9 Å². The van der Waals surface area contributed by atoms with E-state index in [0.717, 1.165) is 28.9 Å². The van der Waals surface area contributed by atoms with E-state index in [1.54, 1.807) is 18.3 Å². The van der Waals surface area contributed by atoms with Gasteiger partial charge in [0.25, 0.3) is 0 Å². The lowest BCUT2D eigenvalue weighted by atomic mass is 10.0. The number of aromatic nitrogens is 1. The SMILES string of the molecule is C#CC.Cc1ccccc1-c1csc2ccc(COc3ccc(CC/C(=N/N)NN)cc3)nc12. The highest BCUT2D eigenvalue weighted by Gasteiger charge is 2.11. The molecule has 7 heteroatoms. The summed E-state index contributed by atoms with van der Waals surface area (Å²) in [6, 6.07) is 20.6.